The molecule has 2 N–H and O–H groups in total. The van der Waals surface area contributed by atoms with Crippen LogP contribution in [0, 0.1) is 0 Å². The van der Waals surface area contributed by atoms with Crippen molar-refractivity contribution < 1.29 is 37.4 Å². The second-order valence-corrected chi connectivity index (χ2v) is 11.1. The van der Waals surface area contributed by atoms with Crippen molar-refractivity contribution in [3.8, 4) is 5.75 Å². The summed E-state index contributed by atoms with van der Waals surface area (Å²) in [4.78, 5) is 38.7. The molecule has 11 nitrogen and oxygen atoms in total. The quantitative estimate of drug-likeness (QED) is 0.484. The number of morpholine rings is 1. The number of rotatable bonds is 9. The third kappa shape index (κ3) is 7.09. The highest BCUT2D eigenvalue weighted by Crippen LogP contribution is 2.24. The predicted octanol–water partition coefficient (Wildman–Crippen LogP) is 1.62. The van der Waals surface area contributed by atoms with Crippen molar-refractivity contribution in [3.63, 3.8) is 0 Å². The average Bonchev–Trinajstić information content (AvgIpc) is 3.42. The van der Waals surface area contributed by atoms with Gasteiger partial charge < -0.3 is 24.8 Å². The molecule has 2 aliphatic heterocycles. The normalized spacial score (nSPS) is 19.1. The first-order chi connectivity index (χ1) is 18.2. The van der Waals surface area contributed by atoms with Crippen LogP contribution in [0.15, 0.2) is 54.6 Å². The van der Waals surface area contributed by atoms with Crippen LogP contribution in [0.4, 0.5) is 4.79 Å². The molecule has 2 aromatic carbocycles. The summed E-state index contributed by atoms with van der Waals surface area (Å²) in [6.07, 6.45) is 0.312. The summed E-state index contributed by atoms with van der Waals surface area (Å²) in [6, 6.07) is 12.8. The van der Waals surface area contributed by atoms with Crippen LogP contribution < -0.4 is 10.1 Å². The number of carbonyl (C=O) groups is 3. The molecule has 4 rings (SSSR count). The topological polar surface area (TPSA) is 143 Å². The van der Waals surface area contributed by atoms with Gasteiger partial charge in [-0.15, -0.1) is 0 Å². The van der Waals surface area contributed by atoms with E-state index in [2.05, 4.69) is 5.32 Å². The first-order valence-electron chi connectivity index (χ1n) is 12.4. The number of aliphatic carboxylic acids is 1. The van der Waals surface area contributed by atoms with Crippen LogP contribution in [-0.4, -0.2) is 85.6 Å². The van der Waals surface area contributed by atoms with E-state index >= 15 is 0 Å². The Balaban J connectivity index is 1.36. The molecular weight excluding hydrogens is 514 g/mol. The molecule has 12 heteroatoms. The van der Waals surface area contributed by atoms with Gasteiger partial charge in [0.25, 0.3) is 0 Å². The first-order valence-corrected chi connectivity index (χ1v) is 14.0. The highest BCUT2D eigenvalue weighted by molar-refractivity contribution is 7.88. The summed E-state index contributed by atoms with van der Waals surface area (Å²) >= 11 is 0. The fourth-order valence-corrected chi connectivity index (χ4v) is 6.29. The minimum atomic E-state index is -3.77. The number of nitrogens with one attached hydrogen (secondary N) is 1. The number of hydrogen-bond acceptors (Lipinski definition) is 7. The van der Waals surface area contributed by atoms with E-state index < -0.39 is 40.1 Å². The lowest BCUT2D eigenvalue weighted by Crippen LogP contribution is -2.51. The van der Waals surface area contributed by atoms with Crippen LogP contribution in [0.1, 0.15) is 24.0 Å². The lowest BCUT2D eigenvalue weighted by atomic mass is 10.1. The molecule has 0 saturated carbocycles. The molecule has 2 fully saturated rings. The van der Waals surface area contributed by atoms with Crippen LogP contribution in [-0.2, 0) is 36.5 Å². The Labute approximate surface area is 221 Å². The van der Waals surface area contributed by atoms with Crippen LogP contribution in [0.2, 0.25) is 0 Å². The van der Waals surface area contributed by atoms with Crippen molar-refractivity contribution in [3.05, 3.63) is 65.7 Å². The molecule has 38 heavy (non-hydrogen) atoms. The number of benzene rings is 2. The first kappa shape index (κ1) is 27.6. The predicted molar refractivity (Wildman–Crippen MR) is 137 cm³/mol. The minimum Gasteiger partial charge on any atom is -0.480 e. The molecule has 2 aromatic rings. The molecular formula is C26H31N3O8S. The van der Waals surface area contributed by atoms with Gasteiger partial charge in [0.1, 0.15) is 17.8 Å². The van der Waals surface area contributed by atoms with Gasteiger partial charge in [-0.1, -0.05) is 42.5 Å². The summed E-state index contributed by atoms with van der Waals surface area (Å²) in [5.41, 5.74) is 1.21. The summed E-state index contributed by atoms with van der Waals surface area (Å²) < 4.78 is 37.8. The third-order valence-corrected chi connectivity index (χ3v) is 8.36. The number of amides is 2. The van der Waals surface area contributed by atoms with Crippen molar-refractivity contribution >= 4 is 28.0 Å². The number of hydrogen-bond donors (Lipinski definition) is 2. The zero-order valence-corrected chi connectivity index (χ0v) is 21.6. The highest BCUT2D eigenvalue weighted by Gasteiger charge is 2.39. The number of nitrogens with zero attached hydrogens (tertiary/aromatic N) is 2. The SMILES string of the molecule is O=C(O)[C@H](Cc1ccc(OC(=O)N2CCOCC2)cc1)NC(=O)[C@@H]1CCCN1S(=O)(=O)Cc1ccccc1. The van der Waals surface area contributed by atoms with Crippen molar-refractivity contribution in [1.82, 2.24) is 14.5 Å². The number of carbonyl (C=O) groups excluding carboxylic acids is 2. The number of carboxylic acids is 1. The Morgan fingerprint density at radius 3 is 2.34 bits per heavy atom. The number of sulfonamides is 1. The molecule has 2 saturated heterocycles. The van der Waals surface area contributed by atoms with Gasteiger partial charge in [0, 0.05) is 26.1 Å². The van der Waals surface area contributed by atoms with Crippen molar-refractivity contribution in [1.29, 1.82) is 0 Å². The van der Waals surface area contributed by atoms with E-state index in [-0.39, 0.29) is 18.7 Å². The summed E-state index contributed by atoms with van der Waals surface area (Å²) in [7, 11) is -3.77. The van der Waals surface area contributed by atoms with E-state index in [1.54, 1.807) is 59.5 Å². The maximum Gasteiger partial charge on any atom is 0.415 e. The molecule has 0 aliphatic carbocycles. The van der Waals surface area contributed by atoms with Crippen LogP contribution in [0.5, 0.6) is 5.75 Å². The highest BCUT2D eigenvalue weighted by atomic mass is 32.2. The fraction of sp³-hybridized carbons (Fsp3) is 0.423. The van der Waals surface area contributed by atoms with Crippen molar-refractivity contribution in [2.24, 2.45) is 0 Å². The van der Waals surface area contributed by atoms with E-state index in [1.165, 1.54) is 4.31 Å². The molecule has 2 aliphatic rings. The van der Waals surface area contributed by atoms with Gasteiger partial charge in [-0.2, -0.15) is 4.31 Å². The van der Waals surface area contributed by atoms with Gasteiger partial charge in [-0.25, -0.2) is 18.0 Å². The van der Waals surface area contributed by atoms with Gasteiger partial charge in [0.2, 0.25) is 15.9 Å². The minimum absolute atomic E-state index is 0.0255. The summed E-state index contributed by atoms with van der Waals surface area (Å²) in [6.45, 7) is 2.00. The number of ether oxygens (including phenoxy) is 2. The Kier molecular flexibility index (Phi) is 8.97. The molecule has 0 unspecified atom stereocenters. The second kappa shape index (κ2) is 12.4. The lowest BCUT2D eigenvalue weighted by Gasteiger charge is -2.26. The van der Waals surface area contributed by atoms with E-state index in [0.717, 1.165) is 0 Å². The molecule has 204 valence electrons. The number of carboxylic acid groups (broad SMARTS) is 1. The standard InChI is InChI=1S/C26H31N3O8S/c30-24(23-7-4-12-29(23)38(34,35)18-20-5-2-1-3-6-20)27-22(25(31)32)17-19-8-10-21(11-9-19)37-26(33)28-13-15-36-16-14-28/h1-3,5-6,8-11,22-23H,4,7,12-18H2,(H,27,30)(H,31,32)/t22-,23-/m0/s1. The molecule has 2 atom stereocenters. The molecule has 0 radical (unpaired) electrons. The third-order valence-electron chi connectivity index (χ3n) is 6.51. The van der Waals surface area contributed by atoms with E-state index in [4.69, 9.17) is 9.47 Å². The maximum absolute atomic E-state index is 13.0. The Hall–Kier alpha value is -3.48. The van der Waals surface area contributed by atoms with Crippen LogP contribution in [0.3, 0.4) is 0 Å². The fourth-order valence-electron chi connectivity index (χ4n) is 4.51. The Morgan fingerprint density at radius 2 is 1.68 bits per heavy atom. The zero-order chi connectivity index (χ0) is 27.1. The van der Waals surface area contributed by atoms with Crippen LogP contribution >= 0.6 is 0 Å². The monoisotopic (exact) mass is 545 g/mol. The second-order valence-electron chi connectivity index (χ2n) is 9.23. The smallest absolute Gasteiger partial charge is 0.415 e. The molecule has 0 bridgehead atoms. The molecule has 0 aromatic heterocycles. The van der Waals surface area contributed by atoms with Crippen molar-refractivity contribution in [2.75, 3.05) is 32.8 Å². The lowest BCUT2D eigenvalue weighted by molar-refractivity contribution is -0.142. The van der Waals surface area contributed by atoms with Gasteiger partial charge in [-0.3, -0.25) is 4.79 Å². The van der Waals surface area contributed by atoms with E-state index in [1.807, 2.05) is 0 Å². The van der Waals surface area contributed by atoms with E-state index in [0.29, 0.717) is 56.0 Å². The van der Waals surface area contributed by atoms with E-state index in [9.17, 15) is 27.9 Å². The van der Waals surface area contributed by atoms with Gasteiger partial charge in [0.15, 0.2) is 0 Å². The average molecular weight is 546 g/mol. The summed E-state index contributed by atoms with van der Waals surface area (Å²) in [5.74, 6) is -1.80. The maximum atomic E-state index is 13.0. The van der Waals surface area contributed by atoms with Gasteiger partial charge in [0.05, 0.1) is 19.0 Å². The van der Waals surface area contributed by atoms with Crippen molar-refractivity contribution in [2.45, 2.75) is 37.1 Å². The van der Waals surface area contributed by atoms with Gasteiger partial charge in [-0.05, 0) is 36.1 Å². The molecule has 2 amide bonds. The largest absolute Gasteiger partial charge is 0.480 e. The van der Waals surface area contributed by atoms with Crippen LogP contribution in [0.25, 0.3) is 0 Å². The Morgan fingerprint density at radius 1 is 1.00 bits per heavy atom. The Bertz CT molecular complexity index is 1230. The molecule has 2 heterocycles. The summed E-state index contributed by atoms with van der Waals surface area (Å²) in [5, 5.41) is 12.2. The van der Waals surface area contributed by atoms with Gasteiger partial charge >= 0.3 is 12.1 Å². The molecule has 0 spiro atoms. The zero-order valence-electron chi connectivity index (χ0n) is 20.8.